The Morgan fingerprint density at radius 2 is 1.93 bits per heavy atom. The van der Waals surface area contributed by atoms with E-state index in [4.69, 9.17) is 4.74 Å². The van der Waals surface area contributed by atoms with E-state index in [9.17, 15) is 4.39 Å². The number of hydrogen-bond acceptors (Lipinski definition) is 6. The number of benzene rings is 1. The molecule has 1 aromatic carbocycles. The minimum absolute atomic E-state index is 0.287. The SMILES string of the molecule is CCOc1nc(NCc2ncc[nH]2)nc2ccc(-c3ccc(F)cc3)nc12. The van der Waals surface area contributed by atoms with Crippen molar-refractivity contribution in [3.05, 3.63) is 60.4 Å². The molecule has 4 aromatic rings. The number of pyridine rings is 1. The van der Waals surface area contributed by atoms with Gasteiger partial charge in [-0.15, -0.1) is 0 Å². The van der Waals surface area contributed by atoms with Crippen LogP contribution in [0.25, 0.3) is 22.3 Å². The highest BCUT2D eigenvalue weighted by molar-refractivity contribution is 5.83. The number of anilines is 1. The average molecular weight is 364 g/mol. The summed E-state index contributed by atoms with van der Waals surface area (Å²) < 4.78 is 18.8. The van der Waals surface area contributed by atoms with Gasteiger partial charge >= 0.3 is 0 Å². The third kappa shape index (κ3) is 3.69. The molecule has 27 heavy (non-hydrogen) atoms. The Kier molecular flexibility index (Phi) is 4.61. The van der Waals surface area contributed by atoms with Gasteiger partial charge in [0.25, 0.3) is 0 Å². The largest absolute Gasteiger partial charge is 0.476 e. The molecule has 0 unspecified atom stereocenters. The Morgan fingerprint density at radius 1 is 1.07 bits per heavy atom. The normalized spacial score (nSPS) is 10.9. The van der Waals surface area contributed by atoms with Crippen molar-refractivity contribution in [2.24, 2.45) is 0 Å². The van der Waals surface area contributed by atoms with Crippen LogP contribution >= 0.6 is 0 Å². The molecule has 0 atom stereocenters. The van der Waals surface area contributed by atoms with E-state index < -0.39 is 0 Å². The molecule has 0 saturated carbocycles. The Morgan fingerprint density at radius 3 is 2.67 bits per heavy atom. The van der Waals surface area contributed by atoms with E-state index in [0.29, 0.717) is 41.7 Å². The minimum Gasteiger partial charge on any atom is -0.476 e. The molecule has 7 nitrogen and oxygen atoms in total. The number of ether oxygens (including phenoxy) is 1. The van der Waals surface area contributed by atoms with E-state index >= 15 is 0 Å². The highest BCUT2D eigenvalue weighted by atomic mass is 19.1. The molecule has 0 fully saturated rings. The highest BCUT2D eigenvalue weighted by Crippen LogP contribution is 2.26. The zero-order valence-corrected chi connectivity index (χ0v) is 14.6. The molecule has 8 heteroatoms. The fraction of sp³-hybridized carbons (Fsp3) is 0.158. The third-order valence-electron chi connectivity index (χ3n) is 3.90. The van der Waals surface area contributed by atoms with Crippen molar-refractivity contribution in [2.45, 2.75) is 13.5 Å². The number of hydrogen-bond donors (Lipinski definition) is 2. The number of H-pyrrole nitrogens is 1. The lowest BCUT2D eigenvalue weighted by Crippen LogP contribution is -2.07. The van der Waals surface area contributed by atoms with Crippen LogP contribution in [0.15, 0.2) is 48.8 Å². The quantitative estimate of drug-likeness (QED) is 0.544. The molecule has 0 aliphatic rings. The second kappa shape index (κ2) is 7.36. The molecule has 3 aromatic heterocycles. The van der Waals surface area contributed by atoms with E-state index in [-0.39, 0.29) is 5.82 Å². The van der Waals surface area contributed by atoms with Crippen molar-refractivity contribution < 1.29 is 9.13 Å². The minimum atomic E-state index is -0.287. The van der Waals surface area contributed by atoms with Crippen molar-refractivity contribution >= 4 is 17.0 Å². The number of nitrogens with one attached hydrogen (secondary N) is 2. The number of nitrogens with zero attached hydrogens (tertiary/aromatic N) is 4. The van der Waals surface area contributed by atoms with Crippen molar-refractivity contribution in [1.29, 1.82) is 0 Å². The van der Waals surface area contributed by atoms with Crippen LogP contribution in [0.2, 0.25) is 0 Å². The maximum absolute atomic E-state index is 13.2. The second-order valence-electron chi connectivity index (χ2n) is 5.75. The van der Waals surface area contributed by atoms with Crippen molar-refractivity contribution in [3.63, 3.8) is 0 Å². The van der Waals surface area contributed by atoms with Crippen molar-refractivity contribution in [3.8, 4) is 17.1 Å². The molecule has 0 amide bonds. The Bertz CT molecular complexity index is 1050. The predicted molar refractivity (Wildman–Crippen MR) is 99.8 cm³/mol. The fourth-order valence-electron chi connectivity index (χ4n) is 2.64. The number of aromatic amines is 1. The predicted octanol–water partition coefficient (Wildman–Crippen LogP) is 3.56. The number of halogens is 1. The average Bonchev–Trinajstić information content (AvgIpc) is 3.21. The van der Waals surface area contributed by atoms with Gasteiger partial charge in [0, 0.05) is 18.0 Å². The zero-order chi connectivity index (χ0) is 18.6. The second-order valence-corrected chi connectivity index (χ2v) is 5.75. The van der Waals surface area contributed by atoms with E-state index in [1.807, 2.05) is 19.1 Å². The zero-order valence-electron chi connectivity index (χ0n) is 14.6. The maximum atomic E-state index is 13.2. The molecule has 0 saturated heterocycles. The summed E-state index contributed by atoms with van der Waals surface area (Å²) in [6.07, 6.45) is 3.44. The van der Waals surface area contributed by atoms with Gasteiger partial charge in [-0.3, -0.25) is 0 Å². The Balaban J connectivity index is 1.70. The molecule has 136 valence electrons. The van der Waals surface area contributed by atoms with E-state index in [0.717, 1.165) is 11.4 Å². The van der Waals surface area contributed by atoms with Crippen molar-refractivity contribution in [2.75, 3.05) is 11.9 Å². The standard InChI is InChI=1S/C19H17FN6O/c1-2-27-18-17-15(25-19(26-18)23-11-16-21-9-10-22-16)8-7-14(24-17)12-3-5-13(20)6-4-12/h3-10H,2,11H2,1H3,(H,21,22)(H,23,25,26). The first-order valence-electron chi connectivity index (χ1n) is 8.52. The third-order valence-corrected chi connectivity index (χ3v) is 3.90. The Hall–Kier alpha value is -3.55. The van der Waals surface area contributed by atoms with Gasteiger partial charge in [-0.25, -0.2) is 19.3 Å². The molecule has 0 radical (unpaired) electrons. The molecule has 0 aliphatic heterocycles. The lowest BCUT2D eigenvalue weighted by Gasteiger charge is -2.10. The number of imidazole rings is 1. The van der Waals surface area contributed by atoms with Gasteiger partial charge in [0.15, 0.2) is 5.52 Å². The van der Waals surface area contributed by atoms with Gasteiger partial charge < -0.3 is 15.0 Å². The molecule has 4 rings (SSSR count). The first kappa shape index (κ1) is 16.9. The summed E-state index contributed by atoms with van der Waals surface area (Å²) in [7, 11) is 0. The fourth-order valence-corrected chi connectivity index (χ4v) is 2.64. The number of rotatable bonds is 6. The summed E-state index contributed by atoms with van der Waals surface area (Å²) in [6, 6.07) is 9.87. The van der Waals surface area contributed by atoms with E-state index in [1.54, 1.807) is 24.5 Å². The summed E-state index contributed by atoms with van der Waals surface area (Å²) in [5.41, 5.74) is 2.72. The lowest BCUT2D eigenvalue weighted by atomic mass is 10.1. The molecule has 2 N–H and O–H groups in total. The molecule has 3 heterocycles. The summed E-state index contributed by atoms with van der Waals surface area (Å²) in [6.45, 7) is 2.80. The molecular weight excluding hydrogens is 347 g/mol. The molecule has 0 aliphatic carbocycles. The van der Waals surface area contributed by atoms with Gasteiger partial charge in [0.1, 0.15) is 11.6 Å². The van der Waals surface area contributed by atoms with Gasteiger partial charge in [0.2, 0.25) is 11.8 Å². The summed E-state index contributed by atoms with van der Waals surface area (Å²) in [4.78, 5) is 20.7. The van der Waals surface area contributed by atoms with Crippen LogP contribution in [0.1, 0.15) is 12.7 Å². The number of fused-ring (bicyclic) bond motifs is 1. The van der Waals surface area contributed by atoms with E-state index in [1.165, 1.54) is 12.1 Å². The van der Waals surface area contributed by atoms with Crippen molar-refractivity contribution in [1.82, 2.24) is 24.9 Å². The summed E-state index contributed by atoms with van der Waals surface area (Å²) in [5, 5.41) is 3.13. The first-order chi connectivity index (χ1) is 13.2. The van der Waals surface area contributed by atoms with Crippen LogP contribution in [0.4, 0.5) is 10.3 Å². The highest BCUT2D eigenvalue weighted by Gasteiger charge is 2.12. The van der Waals surface area contributed by atoms with Crippen LogP contribution < -0.4 is 10.1 Å². The monoisotopic (exact) mass is 364 g/mol. The van der Waals surface area contributed by atoms with Crippen LogP contribution in [0.5, 0.6) is 5.88 Å². The van der Waals surface area contributed by atoms with E-state index in [2.05, 4.69) is 30.2 Å². The van der Waals surface area contributed by atoms with Crippen LogP contribution in [0.3, 0.4) is 0 Å². The summed E-state index contributed by atoms with van der Waals surface area (Å²) >= 11 is 0. The Labute approximate surface area is 154 Å². The molecule has 0 bridgehead atoms. The lowest BCUT2D eigenvalue weighted by molar-refractivity contribution is 0.330. The molecule has 0 spiro atoms. The van der Waals surface area contributed by atoms with Crippen LogP contribution in [-0.4, -0.2) is 31.5 Å². The number of aromatic nitrogens is 5. The van der Waals surface area contributed by atoms with Gasteiger partial charge in [-0.1, -0.05) is 0 Å². The smallest absolute Gasteiger partial charge is 0.245 e. The van der Waals surface area contributed by atoms with Gasteiger partial charge in [-0.05, 0) is 43.3 Å². The summed E-state index contributed by atoms with van der Waals surface area (Å²) in [5.74, 6) is 1.32. The van der Waals surface area contributed by atoms with Crippen LogP contribution in [-0.2, 0) is 6.54 Å². The van der Waals surface area contributed by atoms with Gasteiger partial charge in [0.05, 0.1) is 24.4 Å². The maximum Gasteiger partial charge on any atom is 0.245 e. The van der Waals surface area contributed by atoms with Crippen LogP contribution in [0, 0.1) is 5.82 Å². The first-order valence-corrected chi connectivity index (χ1v) is 8.52. The van der Waals surface area contributed by atoms with Gasteiger partial charge in [-0.2, -0.15) is 4.98 Å². The topological polar surface area (TPSA) is 88.6 Å². The molecular formula is C19H17FN6O.